The molecule has 1 heterocycles. The SMILES string of the molecule is CC1=NC(=O)NC(=O)C1S(=O)(=O)NC1CC2CCC1C2. The average Bonchev–Trinajstić information content (AvgIpc) is 2.87. The van der Waals surface area contributed by atoms with E-state index in [0.29, 0.717) is 11.8 Å². The number of fused-ring (bicyclic) bond motifs is 2. The summed E-state index contributed by atoms with van der Waals surface area (Å²) in [5.41, 5.74) is 0.0226. The minimum atomic E-state index is -3.86. The summed E-state index contributed by atoms with van der Waals surface area (Å²) >= 11 is 0. The minimum Gasteiger partial charge on any atom is -0.275 e. The van der Waals surface area contributed by atoms with Crippen molar-refractivity contribution in [3.63, 3.8) is 0 Å². The summed E-state index contributed by atoms with van der Waals surface area (Å²) in [6, 6.07) is -0.893. The van der Waals surface area contributed by atoms with E-state index >= 15 is 0 Å². The molecule has 110 valence electrons. The van der Waals surface area contributed by atoms with Crippen LogP contribution < -0.4 is 10.0 Å². The lowest BCUT2D eigenvalue weighted by molar-refractivity contribution is -0.118. The van der Waals surface area contributed by atoms with Gasteiger partial charge in [0.05, 0.1) is 0 Å². The maximum Gasteiger partial charge on any atom is 0.347 e. The molecule has 0 aromatic heterocycles. The van der Waals surface area contributed by atoms with Crippen LogP contribution in [-0.4, -0.2) is 37.4 Å². The first-order chi connectivity index (χ1) is 9.37. The molecule has 0 aromatic rings. The largest absolute Gasteiger partial charge is 0.347 e. The first-order valence-corrected chi connectivity index (χ1v) is 8.32. The van der Waals surface area contributed by atoms with E-state index in [1.54, 1.807) is 0 Å². The van der Waals surface area contributed by atoms with Gasteiger partial charge in [-0.05, 0) is 38.0 Å². The van der Waals surface area contributed by atoms with E-state index in [0.717, 1.165) is 19.3 Å². The molecule has 2 saturated carbocycles. The summed E-state index contributed by atoms with van der Waals surface area (Å²) in [4.78, 5) is 26.4. The van der Waals surface area contributed by atoms with Crippen molar-refractivity contribution in [2.75, 3.05) is 0 Å². The Morgan fingerprint density at radius 1 is 1.25 bits per heavy atom. The van der Waals surface area contributed by atoms with Gasteiger partial charge in [-0.1, -0.05) is 6.42 Å². The van der Waals surface area contributed by atoms with Crippen LogP contribution in [0.25, 0.3) is 0 Å². The number of rotatable bonds is 3. The number of hydrogen-bond acceptors (Lipinski definition) is 4. The number of hydrogen-bond donors (Lipinski definition) is 2. The first-order valence-electron chi connectivity index (χ1n) is 6.78. The van der Waals surface area contributed by atoms with E-state index in [2.05, 4.69) is 9.71 Å². The number of amides is 3. The second kappa shape index (κ2) is 4.63. The quantitative estimate of drug-likeness (QED) is 0.775. The number of carbonyl (C=O) groups excluding carboxylic acids is 2. The van der Waals surface area contributed by atoms with Crippen LogP contribution in [0, 0.1) is 11.8 Å². The molecule has 8 heteroatoms. The summed E-state index contributed by atoms with van der Waals surface area (Å²) in [5.74, 6) is 0.155. The van der Waals surface area contributed by atoms with Crippen LogP contribution in [0.3, 0.4) is 0 Å². The maximum atomic E-state index is 12.4. The molecule has 4 unspecified atom stereocenters. The van der Waals surface area contributed by atoms with Gasteiger partial charge >= 0.3 is 6.03 Å². The molecule has 0 spiro atoms. The Morgan fingerprint density at radius 3 is 2.55 bits per heavy atom. The van der Waals surface area contributed by atoms with Crippen molar-refractivity contribution >= 4 is 27.7 Å². The van der Waals surface area contributed by atoms with Gasteiger partial charge in [0.15, 0.2) is 5.25 Å². The fraction of sp³-hybridized carbons (Fsp3) is 0.750. The van der Waals surface area contributed by atoms with Gasteiger partial charge in [0, 0.05) is 11.8 Å². The van der Waals surface area contributed by atoms with Crippen LogP contribution in [0.2, 0.25) is 0 Å². The molecule has 3 amide bonds. The van der Waals surface area contributed by atoms with Gasteiger partial charge in [0.1, 0.15) is 0 Å². The number of urea groups is 1. The Hall–Kier alpha value is -1.28. The lowest BCUT2D eigenvalue weighted by Gasteiger charge is -2.26. The summed E-state index contributed by atoms with van der Waals surface area (Å²) in [6.45, 7) is 1.39. The monoisotopic (exact) mass is 299 g/mol. The van der Waals surface area contributed by atoms with Crippen molar-refractivity contribution in [3.8, 4) is 0 Å². The van der Waals surface area contributed by atoms with Crippen LogP contribution in [0.4, 0.5) is 4.79 Å². The van der Waals surface area contributed by atoms with Crippen LogP contribution >= 0.6 is 0 Å². The number of sulfonamides is 1. The molecule has 4 atom stereocenters. The number of nitrogens with one attached hydrogen (secondary N) is 2. The minimum absolute atomic E-state index is 0.0226. The Morgan fingerprint density at radius 2 is 2.00 bits per heavy atom. The molecular formula is C12H17N3O4S. The number of imide groups is 1. The average molecular weight is 299 g/mol. The molecule has 1 aliphatic heterocycles. The molecule has 2 N–H and O–H groups in total. The molecule has 3 aliphatic rings. The van der Waals surface area contributed by atoms with Crippen molar-refractivity contribution in [3.05, 3.63) is 0 Å². The molecule has 2 bridgehead atoms. The Kier molecular flexibility index (Phi) is 3.17. The van der Waals surface area contributed by atoms with Crippen molar-refractivity contribution in [1.82, 2.24) is 10.0 Å². The van der Waals surface area contributed by atoms with Crippen LogP contribution in [0.15, 0.2) is 4.99 Å². The standard InChI is InChI=1S/C12H17N3O4S/c1-6-10(11(16)14-12(17)13-6)20(18,19)15-9-5-7-2-3-8(9)4-7/h7-10,15H,2-5H2,1H3,(H,14,16,17). The highest BCUT2D eigenvalue weighted by Crippen LogP contribution is 2.44. The predicted octanol–water partition coefficient (Wildman–Crippen LogP) is 0.174. The van der Waals surface area contributed by atoms with Gasteiger partial charge in [-0.3, -0.25) is 10.1 Å². The van der Waals surface area contributed by atoms with Crippen LogP contribution in [0.1, 0.15) is 32.6 Å². The number of aliphatic imine (C=N–C) groups is 1. The van der Waals surface area contributed by atoms with E-state index in [9.17, 15) is 18.0 Å². The lowest BCUT2D eigenvalue weighted by Crippen LogP contribution is -2.55. The van der Waals surface area contributed by atoms with Gasteiger partial charge < -0.3 is 0 Å². The molecule has 0 aromatic carbocycles. The van der Waals surface area contributed by atoms with Crippen LogP contribution in [0.5, 0.6) is 0 Å². The lowest BCUT2D eigenvalue weighted by atomic mass is 9.96. The Bertz CT molecular complexity index is 598. The van der Waals surface area contributed by atoms with Gasteiger partial charge in [-0.15, -0.1) is 0 Å². The zero-order valence-electron chi connectivity index (χ0n) is 11.1. The van der Waals surface area contributed by atoms with Crippen LogP contribution in [-0.2, 0) is 14.8 Å². The molecule has 0 saturated heterocycles. The van der Waals surface area contributed by atoms with Gasteiger partial charge in [-0.2, -0.15) is 0 Å². The smallest absolute Gasteiger partial charge is 0.275 e. The fourth-order valence-corrected chi connectivity index (χ4v) is 5.33. The van der Waals surface area contributed by atoms with E-state index in [4.69, 9.17) is 0 Å². The Labute approximate surface area is 117 Å². The van der Waals surface area contributed by atoms with Gasteiger partial charge in [0.25, 0.3) is 5.91 Å². The summed E-state index contributed by atoms with van der Waals surface area (Å²) in [6.07, 6.45) is 4.12. The Balaban J connectivity index is 1.80. The summed E-state index contributed by atoms with van der Waals surface area (Å²) in [5, 5.41) is 0.537. The van der Waals surface area contributed by atoms with E-state index < -0.39 is 27.2 Å². The number of carbonyl (C=O) groups is 2. The first kappa shape index (κ1) is 13.7. The van der Waals surface area contributed by atoms with E-state index in [1.165, 1.54) is 13.3 Å². The normalized spacial score (nSPS) is 37.0. The van der Waals surface area contributed by atoms with Gasteiger partial charge in [0.2, 0.25) is 10.0 Å². The highest BCUT2D eigenvalue weighted by atomic mass is 32.2. The zero-order chi connectivity index (χ0) is 14.5. The second-order valence-corrected chi connectivity index (χ2v) is 7.67. The predicted molar refractivity (Wildman–Crippen MR) is 71.7 cm³/mol. The third kappa shape index (κ3) is 2.26. The van der Waals surface area contributed by atoms with E-state index in [1.807, 2.05) is 5.32 Å². The number of nitrogens with zero attached hydrogens (tertiary/aromatic N) is 1. The topological polar surface area (TPSA) is 105 Å². The summed E-state index contributed by atoms with van der Waals surface area (Å²) < 4.78 is 27.4. The maximum absolute atomic E-state index is 12.4. The van der Waals surface area contributed by atoms with Crippen molar-refractivity contribution in [1.29, 1.82) is 0 Å². The molecular weight excluding hydrogens is 282 g/mol. The van der Waals surface area contributed by atoms with Crippen molar-refractivity contribution in [2.45, 2.75) is 43.9 Å². The molecule has 0 radical (unpaired) electrons. The highest BCUT2D eigenvalue weighted by molar-refractivity contribution is 7.91. The summed E-state index contributed by atoms with van der Waals surface area (Å²) in [7, 11) is -3.86. The van der Waals surface area contributed by atoms with Crippen molar-refractivity contribution in [2.24, 2.45) is 16.8 Å². The third-order valence-corrected chi connectivity index (χ3v) is 6.30. The van der Waals surface area contributed by atoms with E-state index in [-0.39, 0.29) is 11.8 Å². The van der Waals surface area contributed by atoms with Gasteiger partial charge in [-0.25, -0.2) is 22.9 Å². The third-order valence-electron chi connectivity index (χ3n) is 4.49. The highest BCUT2D eigenvalue weighted by Gasteiger charge is 2.45. The molecule has 3 rings (SSSR count). The molecule has 20 heavy (non-hydrogen) atoms. The zero-order valence-corrected chi connectivity index (χ0v) is 11.9. The molecule has 2 aliphatic carbocycles. The molecule has 7 nitrogen and oxygen atoms in total. The fourth-order valence-electron chi connectivity index (χ4n) is 3.64. The molecule has 2 fully saturated rings. The van der Waals surface area contributed by atoms with Crippen molar-refractivity contribution < 1.29 is 18.0 Å². The second-order valence-electron chi connectivity index (χ2n) is 5.87.